The Morgan fingerprint density at radius 3 is 3.17 bits per heavy atom. The number of aromatic nitrogens is 2. The van der Waals surface area contributed by atoms with Gasteiger partial charge in [0.05, 0.1) is 11.0 Å². The monoisotopic (exact) mass is 266 g/mol. The number of aryl methyl sites for hydroxylation is 1. The highest BCUT2D eigenvalue weighted by atomic mass is 32.1. The molecule has 0 radical (unpaired) electrons. The zero-order valence-electron chi connectivity index (χ0n) is 9.99. The number of ether oxygens (including phenoxy) is 1. The van der Waals surface area contributed by atoms with Gasteiger partial charge < -0.3 is 14.3 Å². The largest absolute Gasteiger partial charge is 0.381 e. The lowest BCUT2D eigenvalue weighted by atomic mass is 10.1. The third kappa shape index (κ3) is 2.20. The second kappa shape index (κ2) is 4.82. The van der Waals surface area contributed by atoms with Crippen LogP contribution in [0.15, 0.2) is 18.2 Å². The molecule has 1 aliphatic heterocycles. The van der Waals surface area contributed by atoms with Crippen molar-refractivity contribution < 1.29 is 9.13 Å². The molecule has 1 unspecified atom stereocenters. The van der Waals surface area contributed by atoms with E-state index in [2.05, 4.69) is 4.98 Å². The van der Waals surface area contributed by atoms with Crippen molar-refractivity contribution in [2.24, 2.45) is 5.92 Å². The van der Waals surface area contributed by atoms with Crippen LogP contribution in [0.3, 0.4) is 0 Å². The second-order valence-corrected chi connectivity index (χ2v) is 5.15. The lowest BCUT2D eigenvalue weighted by Crippen LogP contribution is -2.06. The van der Waals surface area contributed by atoms with Crippen molar-refractivity contribution in [2.75, 3.05) is 13.2 Å². The fourth-order valence-corrected chi connectivity index (χ4v) is 2.78. The standard InChI is InChI=1S/C13H15FN2OS/c14-10-1-2-12-11(7-10)15-13(18)16(12)5-3-9-4-6-17-8-9/h1-2,7,9H,3-6,8H2,(H,15,18). The van der Waals surface area contributed by atoms with Gasteiger partial charge in [-0.25, -0.2) is 4.39 Å². The van der Waals surface area contributed by atoms with Gasteiger partial charge in [0, 0.05) is 19.8 Å². The maximum absolute atomic E-state index is 13.1. The van der Waals surface area contributed by atoms with E-state index in [9.17, 15) is 4.39 Å². The van der Waals surface area contributed by atoms with Gasteiger partial charge in [-0.1, -0.05) is 0 Å². The summed E-state index contributed by atoms with van der Waals surface area (Å²) in [6.07, 6.45) is 2.18. The Hall–Kier alpha value is -1.20. The van der Waals surface area contributed by atoms with E-state index in [1.54, 1.807) is 6.07 Å². The minimum absolute atomic E-state index is 0.241. The number of aromatic amines is 1. The van der Waals surface area contributed by atoms with E-state index in [0.717, 1.165) is 43.6 Å². The first-order valence-corrected chi connectivity index (χ1v) is 6.60. The molecule has 1 aromatic carbocycles. The van der Waals surface area contributed by atoms with Crippen LogP contribution in [0.2, 0.25) is 0 Å². The second-order valence-electron chi connectivity index (χ2n) is 4.76. The summed E-state index contributed by atoms with van der Waals surface area (Å²) in [6, 6.07) is 4.74. The maximum Gasteiger partial charge on any atom is 0.178 e. The zero-order valence-corrected chi connectivity index (χ0v) is 10.8. The molecule has 1 fully saturated rings. The summed E-state index contributed by atoms with van der Waals surface area (Å²) in [7, 11) is 0. The SMILES string of the molecule is Fc1ccc2c(c1)[nH]c(=S)n2CCC1CCOC1. The Morgan fingerprint density at radius 1 is 1.50 bits per heavy atom. The number of rotatable bonds is 3. The van der Waals surface area contributed by atoms with Gasteiger partial charge in [-0.05, 0) is 49.2 Å². The van der Waals surface area contributed by atoms with Crippen molar-refractivity contribution >= 4 is 23.3 Å². The van der Waals surface area contributed by atoms with Gasteiger partial charge in [-0.2, -0.15) is 0 Å². The molecule has 0 bridgehead atoms. The van der Waals surface area contributed by atoms with Crippen molar-refractivity contribution in [3.05, 3.63) is 28.8 Å². The number of nitrogens with zero attached hydrogens (tertiary/aromatic N) is 1. The van der Waals surface area contributed by atoms with E-state index in [1.165, 1.54) is 12.1 Å². The molecule has 18 heavy (non-hydrogen) atoms. The van der Waals surface area contributed by atoms with E-state index in [1.807, 2.05) is 4.57 Å². The first-order valence-electron chi connectivity index (χ1n) is 6.20. The van der Waals surface area contributed by atoms with Crippen LogP contribution in [0, 0.1) is 16.5 Å². The summed E-state index contributed by atoms with van der Waals surface area (Å²) >= 11 is 5.29. The number of halogens is 1. The molecule has 0 amide bonds. The molecule has 2 heterocycles. The summed E-state index contributed by atoms with van der Waals surface area (Å²) in [5, 5.41) is 0. The summed E-state index contributed by atoms with van der Waals surface area (Å²) in [5.41, 5.74) is 1.74. The van der Waals surface area contributed by atoms with Crippen molar-refractivity contribution in [3.8, 4) is 0 Å². The Labute approximate surface area is 110 Å². The molecule has 2 aromatic rings. The van der Waals surface area contributed by atoms with Crippen LogP contribution in [0.1, 0.15) is 12.8 Å². The van der Waals surface area contributed by atoms with E-state index in [-0.39, 0.29) is 5.82 Å². The van der Waals surface area contributed by atoms with Gasteiger partial charge in [-0.3, -0.25) is 0 Å². The minimum atomic E-state index is -0.241. The molecule has 96 valence electrons. The fourth-order valence-electron chi connectivity index (χ4n) is 2.48. The minimum Gasteiger partial charge on any atom is -0.381 e. The summed E-state index contributed by atoms with van der Waals surface area (Å²) in [6.45, 7) is 2.58. The number of H-pyrrole nitrogens is 1. The maximum atomic E-state index is 13.1. The quantitative estimate of drug-likeness (QED) is 0.864. The van der Waals surface area contributed by atoms with Crippen LogP contribution >= 0.6 is 12.2 Å². The van der Waals surface area contributed by atoms with Gasteiger partial charge >= 0.3 is 0 Å². The predicted molar refractivity (Wildman–Crippen MR) is 70.6 cm³/mol. The molecular formula is C13H15FN2OS. The molecule has 0 spiro atoms. The zero-order chi connectivity index (χ0) is 12.5. The van der Waals surface area contributed by atoms with Crippen LogP contribution in [0.25, 0.3) is 11.0 Å². The molecule has 0 saturated carbocycles. The van der Waals surface area contributed by atoms with Crippen LogP contribution in [0.5, 0.6) is 0 Å². The van der Waals surface area contributed by atoms with E-state index in [0.29, 0.717) is 10.7 Å². The Morgan fingerprint density at radius 2 is 2.39 bits per heavy atom. The summed E-state index contributed by atoms with van der Waals surface area (Å²) in [4.78, 5) is 3.05. The third-order valence-electron chi connectivity index (χ3n) is 3.52. The van der Waals surface area contributed by atoms with Crippen molar-refractivity contribution in [1.29, 1.82) is 0 Å². The van der Waals surface area contributed by atoms with Gasteiger partial charge in [0.1, 0.15) is 5.82 Å². The number of fused-ring (bicyclic) bond motifs is 1. The first kappa shape index (κ1) is 11.9. The van der Waals surface area contributed by atoms with Crippen molar-refractivity contribution in [2.45, 2.75) is 19.4 Å². The van der Waals surface area contributed by atoms with E-state index < -0.39 is 0 Å². The van der Waals surface area contributed by atoms with Gasteiger partial charge in [0.15, 0.2) is 4.77 Å². The molecule has 3 rings (SSSR count). The molecule has 3 nitrogen and oxygen atoms in total. The molecule has 1 aliphatic rings. The Kier molecular flexibility index (Phi) is 3.18. The van der Waals surface area contributed by atoms with Crippen molar-refractivity contribution in [1.82, 2.24) is 9.55 Å². The van der Waals surface area contributed by atoms with Crippen molar-refractivity contribution in [3.63, 3.8) is 0 Å². The van der Waals surface area contributed by atoms with Gasteiger partial charge in [-0.15, -0.1) is 0 Å². The average molecular weight is 266 g/mol. The topological polar surface area (TPSA) is 29.9 Å². The predicted octanol–water partition coefficient (Wildman–Crippen LogP) is 3.26. The van der Waals surface area contributed by atoms with Gasteiger partial charge in [0.2, 0.25) is 0 Å². The number of benzene rings is 1. The highest BCUT2D eigenvalue weighted by molar-refractivity contribution is 7.71. The molecule has 1 atom stereocenters. The normalized spacial score (nSPS) is 19.7. The van der Waals surface area contributed by atoms with E-state index >= 15 is 0 Å². The Balaban J connectivity index is 1.86. The molecule has 0 aliphatic carbocycles. The van der Waals surface area contributed by atoms with Gasteiger partial charge in [0.25, 0.3) is 0 Å². The average Bonchev–Trinajstić information content (AvgIpc) is 2.93. The van der Waals surface area contributed by atoms with Crippen LogP contribution in [-0.4, -0.2) is 22.8 Å². The summed E-state index contributed by atoms with van der Waals surface area (Å²) in [5.74, 6) is 0.382. The highest BCUT2D eigenvalue weighted by Crippen LogP contribution is 2.20. The Bertz CT molecular complexity index is 613. The molecular weight excluding hydrogens is 251 g/mol. The smallest absolute Gasteiger partial charge is 0.178 e. The number of nitrogens with one attached hydrogen (secondary N) is 1. The van der Waals surface area contributed by atoms with E-state index in [4.69, 9.17) is 17.0 Å². The lowest BCUT2D eigenvalue weighted by molar-refractivity contribution is 0.183. The number of hydrogen-bond acceptors (Lipinski definition) is 2. The first-order chi connectivity index (χ1) is 8.74. The van der Waals surface area contributed by atoms with Crippen LogP contribution < -0.4 is 0 Å². The van der Waals surface area contributed by atoms with Crippen LogP contribution in [-0.2, 0) is 11.3 Å². The molecule has 1 aromatic heterocycles. The molecule has 1 saturated heterocycles. The summed E-state index contributed by atoms with van der Waals surface area (Å²) < 4.78 is 21.2. The third-order valence-corrected chi connectivity index (χ3v) is 3.84. The lowest BCUT2D eigenvalue weighted by Gasteiger charge is -2.08. The number of imidazole rings is 1. The fraction of sp³-hybridized carbons (Fsp3) is 0.462. The highest BCUT2D eigenvalue weighted by Gasteiger charge is 2.16. The molecule has 1 N–H and O–H groups in total. The van der Waals surface area contributed by atoms with Crippen LogP contribution in [0.4, 0.5) is 4.39 Å². The number of hydrogen-bond donors (Lipinski definition) is 1. The molecule has 5 heteroatoms.